The van der Waals surface area contributed by atoms with Gasteiger partial charge < -0.3 is 9.88 Å². The summed E-state index contributed by atoms with van der Waals surface area (Å²) in [6.07, 6.45) is 2.41. The molecule has 0 aliphatic heterocycles. The molecule has 0 bridgehead atoms. The van der Waals surface area contributed by atoms with Gasteiger partial charge in [0.15, 0.2) is 0 Å². The summed E-state index contributed by atoms with van der Waals surface area (Å²) in [4.78, 5) is 12.8. The average molecular weight is 385 g/mol. The van der Waals surface area contributed by atoms with E-state index in [-0.39, 0.29) is 23.4 Å². The highest BCUT2D eigenvalue weighted by atomic mass is 32.2. The maximum atomic E-state index is 12.6. The molecule has 1 heterocycles. The second kappa shape index (κ2) is 7.94. The minimum atomic E-state index is -3.53. The van der Waals surface area contributed by atoms with Crippen molar-refractivity contribution in [1.29, 1.82) is 0 Å². The Morgan fingerprint density at radius 1 is 1.07 bits per heavy atom. The van der Waals surface area contributed by atoms with Gasteiger partial charge in [-0.3, -0.25) is 4.79 Å². The monoisotopic (exact) mass is 385 g/mol. The van der Waals surface area contributed by atoms with Crippen LogP contribution in [-0.4, -0.2) is 31.5 Å². The summed E-state index contributed by atoms with van der Waals surface area (Å²) in [5, 5.41) is 3.84. The molecule has 0 saturated heterocycles. The van der Waals surface area contributed by atoms with Crippen molar-refractivity contribution in [3.63, 3.8) is 0 Å². The van der Waals surface area contributed by atoms with Gasteiger partial charge in [-0.05, 0) is 43.7 Å². The van der Waals surface area contributed by atoms with Crippen LogP contribution >= 0.6 is 0 Å². The molecular formula is C20H23N3O3S. The second-order valence-electron chi connectivity index (χ2n) is 6.54. The molecule has 0 aliphatic rings. The Kier molecular flexibility index (Phi) is 5.62. The lowest BCUT2D eigenvalue weighted by atomic mass is 10.1. The largest absolute Gasteiger partial charge is 0.351 e. The third kappa shape index (κ3) is 4.37. The molecule has 2 aromatic carbocycles. The Morgan fingerprint density at radius 3 is 2.56 bits per heavy atom. The number of rotatable bonds is 7. The molecule has 0 saturated carbocycles. The van der Waals surface area contributed by atoms with Gasteiger partial charge >= 0.3 is 0 Å². The number of aromatic nitrogens is 1. The van der Waals surface area contributed by atoms with E-state index in [0.717, 1.165) is 10.9 Å². The van der Waals surface area contributed by atoms with Crippen LogP contribution in [0, 0.1) is 0 Å². The molecule has 2 N–H and O–H groups in total. The van der Waals surface area contributed by atoms with E-state index in [0.29, 0.717) is 12.0 Å². The lowest BCUT2D eigenvalue weighted by molar-refractivity contribution is 0.0940. The van der Waals surface area contributed by atoms with Crippen LogP contribution in [0.2, 0.25) is 0 Å². The second-order valence-corrected chi connectivity index (χ2v) is 8.31. The number of carbonyl (C=O) groups excluding carboxylic acids is 1. The number of sulfonamides is 1. The summed E-state index contributed by atoms with van der Waals surface area (Å²) in [6.45, 7) is 2.11. The number of fused-ring (bicyclic) bond motifs is 1. The number of nitrogens with zero attached hydrogens (tertiary/aromatic N) is 1. The van der Waals surface area contributed by atoms with Crippen molar-refractivity contribution in [2.24, 2.45) is 7.05 Å². The number of nitrogens with one attached hydrogen (secondary N) is 2. The quantitative estimate of drug-likeness (QED) is 0.656. The molecule has 0 fully saturated rings. The van der Waals surface area contributed by atoms with Crippen molar-refractivity contribution in [3.05, 3.63) is 66.4 Å². The standard InChI is InChI=1S/C20H23N3O3S/c1-15(11-13-21-27(25,26)16-7-4-3-5-8-16)22-20(24)18-9-6-10-19-17(18)12-14-23(19)2/h3-10,12,14-15,21H,11,13H2,1-2H3,(H,22,24). The number of aryl methyl sites for hydroxylation is 1. The first-order valence-corrected chi connectivity index (χ1v) is 10.3. The fourth-order valence-electron chi connectivity index (χ4n) is 2.97. The zero-order valence-electron chi connectivity index (χ0n) is 15.3. The molecule has 27 heavy (non-hydrogen) atoms. The van der Waals surface area contributed by atoms with Crippen LogP contribution in [0.1, 0.15) is 23.7 Å². The van der Waals surface area contributed by atoms with Crippen LogP contribution in [0.15, 0.2) is 65.7 Å². The van der Waals surface area contributed by atoms with Gasteiger partial charge in [-0.15, -0.1) is 0 Å². The Labute approximate surface area is 159 Å². The number of hydrogen-bond donors (Lipinski definition) is 2. The molecule has 0 aliphatic carbocycles. The normalized spacial score (nSPS) is 12.8. The third-order valence-corrected chi connectivity index (χ3v) is 5.95. The molecule has 1 atom stereocenters. The molecule has 142 valence electrons. The third-order valence-electron chi connectivity index (χ3n) is 4.47. The smallest absolute Gasteiger partial charge is 0.252 e. The lowest BCUT2D eigenvalue weighted by Crippen LogP contribution is -2.36. The molecule has 1 aromatic heterocycles. The van der Waals surface area contributed by atoms with E-state index in [9.17, 15) is 13.2 Å². The molecule has 0 spiro atoms. The van der Waals surface area contributed by atoms with Crippen molar-refractivity contribution < 1.29 is 13.2 Å². The number of amides is 1. The van der Waals surface area contributed by atoms with E-state index >= 15 is 0 Å². The molecule has 1 amide bonds. The summed E-state index contributed by atoms with van der Waals surface area (Å²) in [5.41, 5.74) is 1.61. The van der Waals surface area contributed by atoms with Gasteiger partial charge in [-0.25, -0.2) is 13.1 Å². The van der Waals surface area contributed by atoms with Crippen LogP contribution in [0.5, 0.6) is 0 Å². The number of hydrogen-bond acceptors (Lipinski definition) is 3. The van der Waals surface area contributed by atoms with E-state index in [2.05, 4.69) is 10.0 Å². The van der Waals surface area contributed by atoms with Crippen LogP contribution in [0.3, 0.4) is 0 Å². The number of carbonyl (C=O) groups is 1. The highest BCUT2D eigenvalue weighted by molar-refractivity contribution is 7.89. The van der Waals surface area contributed by atoms with Crippen molar-refractivity contribution in [1.82, 2.24) is 14.6 Å². The topological polar surface area (TPSA) is 80.2 Å². The first-order valence-electron chi connectivity index (χ1n) is 8.78. The zero-order valence-corrected chi connectivity index (χ0v) is 16.2. The molecule has 6 nitrogen and oxygen atoms in total. The minimum Gasteiger partial charge on any atom is -0.351 e. The molecular weight excluding hydrogens is 362 g/mol. The van der Waals surface area contributed by atoms with Crippen LogP contribution in [0.4, 0.5) is 0 Å². The zero-order chi connectivity index (χ0) is 19.4. The van der Waals surface area contributed by atoms with E-state index < -0.39 is 10.0 Å². The van der Waals surface area contributed by atoms with E-state index in [1.807, 2.05) is 42.9 Å². The van der Waals surface area contributed by atoms with Crippen molar-refractivity contribution in [2.45, 2.75) is 24.3 Å². The molecule has 3 aromatic rings. The Balaban J connectivity index is 1.58. The van der Waals surface area contributed by atoms with Gasteiger partial charge in [0, 0.05) is 42.3 Å². The first-order chi connectivity index (χ1) is 12.9. The maximum absolute atomic E-state index is 12.6. The highest BCUT2D eigenvalue weighted by Crippen LogP contribution is 2.19. The summed E-state index contributed by atoms with van der Waals surface area (Å²) in [7, 11) is -1.59. The SMILES string of the molecule is CC(CCNS(=O)(=O)c1ccccc1)NC(=O)c1cccc2c1ccn2C. The Hall–Kier alpha value is -2.64. The first kappa shape index (κ1) is 19.1. The van der Waals surface area contributed by atoms with Gasteiger partial charge in [-0.1, -0.05) is 24.3 Å². The van der Waals surface area contributed by atoms with Crippen molar-refractivity contribution in [2.75, 3.05) is 6.54 Å². The van der Waals surface area contributed by atoms with E-state index in [4.69, 9.17) is 0 Å². The van der Waals surface area contributed by atoms with Gasteiger partial charge in [0.1, 0.15) is 0 Å². The van der Waals surface area contributed by atoms with Crippen LogP contribution < -0.4 is 10.0 Å². The van der Waals surface area contributed by atoms with Gasteiger partial charge in [0.2, 0.25) is 10.0 Å². The fourth-order valence-corrected chi connectivity index (χ4v) is 4.04. The van der Waals surface area contributed by atoms with Crippen LogP contribution in [0.25, 0.3) is 10.9 Å². The van der Waals surface area contributed by atoms with Crippen molar-refractivity contribution >= 4 is 26.8 Å². The molecule has 0 radical (unpaired) electrons. The summed E-state index contributed by atoms with van der Waals surface area (Å²) in [5.74, 6) is -0.162. The summed E-state index contributed by atoms with van der Waals surface area (Å²) < 4.78 is 28.9. The Morgan fingerprint density at radius 2 is 1.81 bits per heavy atom. The summed E-state index contributed by atoms with van der Waals surface area (Å²) >= 11 is 0. The Bertz CT molecular complexity index is 1040. The predicted octanol–water partition coefficient (Wildman–Crippen LogP) is 2.67. The predicted molar refractivity (Wildman–Crippen MR) is 106 cm³/mol. The fraction of sp³-hybridized carbons (Fsp3) is 0.250. The average Bonchev–Trinajstić information content (AvgIpc) is 3.03. The van der Waals surface area contributed by atoms with Crippen LogP contribution in [-0.2, 0) is 17.1 Å². The highest BCUT2D eigenvalue weighted by Gasteiger charge is 2.16. The molecule has 1 unspecified atom stereocenters. The van der Waals surface area contributed by atoms with Gasteiger partial charge in [-0.2, -0.15) is 0 Å². The van der Waals surface area contributed by atoms with Gasteiger partial charge in [0.25, 0.3) is 5.91 Å². The van der Waals surface area contributed by atoms with Gasteiger partial charge in [0.05, 0.1) is 4.90 Å². The number of benzene rings is 2. The summed E-state index contributed by atoms with van der Waals surface area (Å²) in [6, 6.07) is 15.6. The maximum Gasteiger partial charge on any atom is 0.252 e. The van der Waals surface area contributed by atoms with E-state index in [1.54, 1.807) is 36.4 Å². The molecule has 3 rings (SSSR count). The lowest BCUT2D eigenvalue weighted by Gasteiger charge is -2.15. The van der Waals surface area contributed by atoms with Crippen molar-refractivity contribution in [3.8, 4) is 0 Å². The minimum absolute atomic E-state index is 0.162. The molecule has 7 heteroatoms. The van der Waals surface area contributed by atoms with E-state index in [1.165, 1.54) is 0 Å².